The molecule has 0 bridgehead atoms. The Morgan fingerprint density at radius 3 is 1.83 bits per heavy atom. The molecule has 0 spiro atoms. The summed E-state index contributed by atoms with van der Waals surface area (Å²) in [6.45, 7) is 0. The third-order valence-corrected chi connectivity index (χ3v) is 5.27. The van der Waals surface area contributed by atoms with E-state index < -0.39 is 0 Å². The minimum absolute atomic E-state index is 0.594. The summed E-state index contributed by atoms with van der Waals surface area (Å²) in [6.07, 6.45) is 1.95. The number of hydrogen-bond acceptors (Lipinski definition) is 3. The number of para-hydroxylation sites is 1. The van der Waals surface area contributed by atoms with Crippen LogP contribution in [0.15, 0.2) is 97.2 Å². The lowest BCUT2D eigenvalue weighted by Gasteiger charge is -2.10. The van der Waals surface area contributed by atoms with Crippen molar-refractivity contribution in [1.29, 1.82) is 0 Å². The van der Waals surface area contributed by atoms with E-state index in [1.54, 1.807) is 0 Å². The van der Waals surface area contributed by atoms with Gasteiger partial charge >= 0.3 is 0 Å². The molecule has 5 heteroatoms. The van der Waals surface area contributed by atoms with Crippen LogP contribution in [0.4, 0.5) is 0 Å². The summed E-state index contributed by atoms with van der Waals surface area (Å²) in [5.41, 5.74) is 3.94. The summed E-state index contributed by atoms with van der Waals surface area (Å²) in [7, 11) is 0. The summed E-state index contributed by atoms with van der Waals surface area (Å²) < 4.78 is 2.07. The molecule has 5 nitrogen and oxygen atoms in total. The molecule has 0 aliphatic rings. The van der Waals surface area contributed by atoms with Gasteiger partial charge < -0.3 is 4.98 Å². The van der Waals surface area contributed by atoms with Crippen molar-refractivity contribution in [2.75, 3.05) is 0 Å². The summed E-state index contributed by atoms with van der Waals surface area (Å²) in [6, 6.07) is 30.4. The van der Waals surface area contributed by atoms with Gasteiger partial charge in [0.15, 0.2) is 11.6 Å². The van der Waals surface area contributed by atoms with E-state index in [-0.39, 0.29) is 0 Å². The van der Waals surface area contributed by atoms with Crippen LogP contribution in [0.5, 0.6) is 0 Å². The second kappa shape index (κ2) is 6.67. The van der Waals surface area contributed by atoms with Gasteiger partial charge in [0.25, 0.3) is 0 Å². The third-order valence-electron chi connectivity index (χ3n) is 5.27. The lowest BCUT2D eigenvalue weighted by Crippen LogP contribution is -2.06. The first-order valence-electron chi connectivity index (χ1n) is 9.82. The summed E-state index contributed by atoms with van der Waals surface area (Å²) in [5, 5.41) is 2.31. The zero-order chi connectivity index (χ0) is 19.9. The van der Waals surface area contributed by atoms with Crippen molar-refractivity contribution in [3.05, 3.63) is 97.2 Å². The molecular formula is C25H17N5. The van der Waals surface area contributed by atoms with Crippen LogP contribution in [0.2, 0.25) is 0 Å². The molecule has 30 heavy (non-hydrogen) atoms. The predicted molar refractivity (Wildman–Crippen MR) is 119 cm³/mol. The van der Waals surface area contributed by atoms with Crippen molar-refractivity contribution in [2.24, 2.45) is 0 Å². The lowest BCUT2D eigenvalue weighted by molar-refractivity contribution is 0.945. The second-order valence-corrected chi connectivity index (χ2v) is 7.11. The van der Waals surface area contributed by atoms with Crippen molar-refractivity contribution >= 4 is 21.9 Å². The quantitative estimate of drug-likeness (QED) is 0.428. The minimum atomic E-state index is 0.594. The Morgan fingerprint density at radius 2 is 1.17 bits per heavy atom. The van der Waals surface area contributed by atoms with Crippen LogP contribution in [0.25, 0.3) is 50.7 Å². The van der Waals surface area contributed by atoms with E-state index in [9.17, 15) is 0 Å². The fraction of sp³-hybridized carbons (Fsp3) is 0. The van der Waals surface area contributed by atoms with Crippen molar-refractivity contribution in [1.82, 2.24) is 24.5 Å². The van der Waals surface area contributed by atoms with Gasteiger partial charge in [0.2, 0.25) is 5.95 Å². The number of fused-ring (bicyclic) bond motifs is 3. The number of aromatic amines is 1. The van der Waals surface area contributed by atoms with E-state index in [1.807, 2.05) is 72.9 Å². The van der Waals surface area contributed by atoms with E-state index in [4.69, 9.17) is 15.0 Å². The molecule has 3 heterocycles. The van der Waals surface area contributed by atoms with Gasteiger partial charge in [-0.05, 0) is 12.1 Å². The molecule has 0 saturated heterocycles. The number of nitrogens with zero attached hydrogens (tertiary/aromatic N) is 4. The Labute approximate surface area is 172 Å². The molecule has 6 rings (SSSR count). The number of hydrogen-bond donors (Lipinski definition) is 1. The molecule has 0 radical (unpaired) electrons. The largest absolute Gasteiger partial charge is 0.347 e. The van der Waals surface area contributed by atoms with E-state index in [0.717, 1.165) is 33.1 Å². The van der Waals surface area contributed by atoms with Gasteiger partial charge in [0, 0.05) is 28.1 Å². The molecule has 142 valence electrons. The lowest BCUT2D eigenvalue weighted by atomic mass is 10.2. The first kappa shape index (κ1) is 16.7. The van der Waals surface area contributed by atoms with Crippen LogP contribution < -0.4 is 0 Å². The summed E-state index contributed by atoms with van der Waals surface area (Å²) in [5.74, 6) is 1.89. The minimum Gasteiger partial charge on any atom is -0.347 e. The fourth-order valence-electron chi connectivity index (χ4n) is 3.88. The molecule has 3 aromatic carbocycles. The van der Waals surface area contributed by atoms with Crippen LogP contribution in [-0.2, 0) is 0 Å². The van der Waals surface area contributed by atoms with Crippen molar-refractivity contribution < 1.29 is 0 Å². The van der Waals surface area contributed by atoms with E-state index in [0.29, 0.717) is 17.6 Å². The standard InChI is InChI=1S/C25H17N5/c1-3-9-17(10-4-1)22-27-23(18-11-5-2-6-12-18)29-25(28-22)30-21-14-8-7-13-19(21)20-15-16-26-24(20)30/h1-16,26H. The monoisotopic (exact) mass is 387 g/mol. The number of rotatable bonds is 3. The van der Waals surface area contributed by atoms with Gasteiger partial charge in [-0.1, -0.05) is 78.9 Å². The van der Waals surface area contributed by atoms with Crippen molar-refractivity contribution in [3.8, 4) is 28.7 Å². The molecule has 0 amide bonds. The van der Waals surface area contributed by atoms with Gasteiger partial charge in [-0.3, -0.25) is 4.57 Å². The zero-order valence-electron chi connectivity index (χ0n) is 16.0. The highest BCUT2D eigenvalue weighted by Crippen LogP contribution is 2.31. The molecule has 0 aliphatic carbocycles. The molecule has 0 saturated carbocycles. The Kier molecular flexibility index (Phi) is 3.71. The molecule has 1 N–H and O–H groups in total. The molecule has 3 aromatic heterocycles. The summed E-state index contributed by atoms with van der Waals surface area (Å²) >= 11 is 0. The molecule has 6 aromatic rings. The number of nitrogens with one attached hydrogen (secondary N) is 1. The maximum absolute atomic E-state index is 4.87. The van der Waals surface area contributed by atoms with Gasteiger partial charge in [-0.25, -0.2) is 4.98 Å². The van der Waals surface area contributed by atoms with Gasteiger partial charge in [0.05, 0.1) is 5.52 Å². The highest BCUT2D eigenvalue weighted by Gasteiger charge is 2.17. The highest BCUT2D eigenvalue weighted by atomic mass is 15.2. The first-order chi connectivity index (χ1) is 14.9. The normalized spacial score (nSPS) is 11.3. The topological polar surface area (TPSA) is 59.4 Å². The maximum Gasteiger partial charge on any atom is 0.239 e. The number of aromatic nitrogens is 5. The Hall–Kier alpha value is -4.25. The maximum atomic E-state index is 4.87. The molecule has 0 fully saturated rings. The van der Waals surface area contributed by atoms with Crippen LogP contribution in [0, 0.1) is 0 Å². The first-order valence-corrected chi connectivity index (χ1v) is 9.82. The van der Waals surface area contributed by atoms with E-state index in [2.05, 4.69) is 33.8 Å². The van der Waals surface area contributed by atoms with Crippen molar-refractivity contribution in [2.45, 2.75) is 0 Å². The van der Waals surface area contributed by atoms with Crippen LogP contribution in [0.3, 0.4) is 0 Å². The molecular weight excluding hydrogens is 370 g/mol. The molecule has 0 aliphatic heterocycles. The van der Waals surface area contributed by atoms with Gasteiger partial charge in [-0.2, -0.15) is 9.97 Å². The smallest absolute Gasteiger partial charge is 0.239 e. The zero-order valence-corrected chi connectivity index (χ0v) is 16.0. The Morgan fingerprint density at radius 1 is 0.567 bits per heavy atom. The number of benzene rings is 3. The second-order valence-electron chi connectivity index (χ2n) is 7.11. The average molecular weight is 387 g/mol. The number of H-pyrrole nitrogens is 1. The van der Waals surface area contributed by atoms with E-state index >= 15 is 0 Å². The van der Waals surface area contributed by atoms with E-state index in [1.165, 1.54) is 0 Å². The highest BCUT2D eigenvalue weighted by molar-refractivity contribution is 6.07. The molecule has 0 unspecified atom stereocenters. The molecule has 0 atom stereocenters. The predicted octanol–water partition coefficient (Wildman–Crippen LogP) is 5.63. The van der Waals surface area contributed by atoms with Gasteiger partial charge in [-0.15, -0.1) is 0 Å². The average Bonchev–Trinajstić information content (AvgIpc) is 3.41. The Balaban J connectivity index is 1.68. The third kappa shape index (κ3) is 2.60. The van der Waals surface area contributed by atoms with Gasteiger partial charge in [0.1, 0.15) is 5.65 Å². The fourth-order valence-corrected chi connectivity index (χ4v) is 3.88. The SMILES string of the molecule is c1ccc(-c2nc(-c3ccccc3)nc(-n3c4ccccc4c4cc[nH]c43)n2)cc1. The van der Waals surface area contributed by atoms with Crippen LogP contribution >= 0.6 is 0 Å². The van der Waals surface area contributed by atoms with Crippen LogP contribution in [0.1, 0.15) is 0 Å². The van der Waals surface area contributed by atoms with Crippen LogP contribution in [-0.4, -0.2) is 24.5 Å². The Bertz CT molecular complexity index is 1420. The summed E-state index contributed by atoms with van der Waals surface area (Å²) in [4.78, 5) is 17.9. The van der Waals surface area contributed by atoms with Crippen molar-refractivity contribution in [3.63, 3.8) is 0 Å².